The summed E-state index contributed by atoms with van der Waals surface area (Å²) in [5, 5.41) is 0. The maximum Gasteiger partial charge on any atom is 0.338 e. The number of esters is 2. The van der Waals surface area contributed by atoms with Crippen LogP contribution in [0.3, 0.4) is 0 Å². The fourth-order valence-corrected chi connectivity index (χ4v) is 4.17. The Labute approximate surface area is 199 Å². The van der Waals surface area contributed by atoms with Crippen LogP contribution in [-0.2, 0) is 28.4 Å². The van der Waals surface area contributed by atoms with E-state index < -0.39 is 47.9 Å². The molecular weight excluding hydrogens is 440 g/mol. The Morgan fingerprint density at radius 3 is 1.35 bits per heavy atom. The van der Waals surface area contributed by atoms with Gasteiger partial charge in [-0.05, 0) is 52.0 Å². The van der Waals surface area contributed by atoms with Gasteiger partial charge >= 0.3 is 11.9 Å². The highest BCUT2D eigenvalue weighted by Crippen LogP contribution is 2.38. The molecule has 8 nitrogen and oxygen atoms in total. The molecule has 2 saturated heterocycles. The van der Waals surface area contributed by atoms with Gasteiger partial charge in [0.25, 0.3) is 0 Å². The van der Waals surface area contributed by atoms with E-state index in [1.54, 1.807) is 76.2 Å². The number of hydrogen-bond acceptors (Lipinski definition) is 8. The summed E-state index contributed by atoms with van der Waals surface area (Å²) in [6, 6.07) is 17.5. The number of benzene rings is 2. The molecule has 2 aromatic rings. The van der Waals surface area contributed by atoms with Gasteiger partial charge in [0.1, 0.15) is 37.6 Å². The van der Waals surface area contributed by atoms with E-state index in [0.717, 1.165) is 0 Å². The average Bonchev–Trinajstić information content (AvgIpc) is 3.30. The first-order chi connectivity index (χ1) is 16.1. The second-order valence-electron chi connectivity index (χ2n) is 9.21. The second kappa shape index (κ2) is 9.84. The van der Waals surface area contributed by atoms with Gasteiger partial charge in [-0.25, -0.2) is 9.59 Å². The quantitative estimate of drug-likeness (QED) is 0.566. The summed E-state index contributed by atoms with van der Waals surface area (Å²) in [6.45, 7) is 7.07. The monoisotopic (exact) mass is 470 g/mol. The molecule has 2 aromatic carbocycles. The molecule has 0 aliphatic carbocycles. The molecule has 0 unspecified atom stereocenters. The Hall–Kier alpha value is -2.78. The third-order valence-corrected chi connectivity index (χ3v) is 5.54. The van der Waals surface area contributed by atoms with Gasteiger partial charge in [-0.3, -0.25) is 0 Å². The van der Waals surface area contributed by atoms with Crippen molar-refractivity contribution in [1.82, 2.24) is 0 Å². The minimum atomic E-state index is -0.921. The van der Waals surface area contributed by atoms with Crippen molar-refractivity contribution in [3.63, 3.8) is 0 Å². The number of ether oxygens (including phenoxy) is 6. The summed E-state index contributed by atoms with van der Waals surface area (Å²) in [5.74, 6) is -2.75. The first-order valence-electron chi connectivity index (χ1n) is 11.3. The summed E-state index contributed by atoms with van der Waals surface area (Å²) in [4.78, 5) is 24.9. The molecule has 0 radical (unpaired) electrons. The van der Waals surface area contributed by atoms with E-state index in [9.17, 15) is 9.59 Å². The van der Waals surface area contributed by atoms with Gasteiger partial charge in [0, 0.05) is 0 Å². The lowest BCUT2D eigenvalue weighted by atomic mass is 10.0. The maximum atomic E-state index is 12.4. The molecule has 34 heavy (non-hydrogen) atoms. The van der Waals surface area contributed by atoms with Crippen molar-refractivity contribution in [3.05, 3.63) is 71.8 Å². The predicted octanol–water partition coefficient (Wildman–Crippen LogP) is 3.74. The molecule has 0 N–H and O–H groups in total. The Kier molecular flexibility index (Phi) is 7.04. The van der Waals surface area contributed by atoms with Crippen LogP contribution in [0.1, 0.15) is 48.4 Å². The predicted molar refractivity (Wildman–Crippen MR) is 121 cm³/mol. The maximum absolute atomic E-state index is 12.4. The molecule has 4 atom stereocenters. The summed E-state index contributed by atoms with van der Waals surface area (Å²) in [7, 11) is 0. The van der Waals surface area contributed by atoms with Crippen molar-refractivity contribution in [3.8, 4) is 0 Å². The Morgan fingerprint density at radius 2 is 1.00 bits per heavy atom. The fraction of sp³-hybridized carbons (Fsp3) is 0.462. The van der Waals surface area contributed by atoms with Crippen LogP contribution in [0.4, 0.5) is 0 Å². The molecule has 2 aliphatic rings. The lowest BCUT2D eigenvalue weighted by Crippen LogP contribution is -2.45. The lowest BCUT2D eigenvalue weighted by molar-refractivity contribution is -0.175. The molecule has 2 aliphatic heterocycles. The van der Waals surface area contributed by atoms with Crippen LogP contribution in [0, 0.1) is 0 Å². The zero-order valence-electron chi connectivity index (χ0n) is 19.8. The fourth-order valence-electron chi connectivity index (χ4n) is 4.17. The van der Waals surface area contributed by atoms with Crippen LogP contribution in [0.25, 0.3) is 0 Å². The molecule has 182 valence electrons. The number of hydrogen-bond donors (Lipinski definition) is 0. The molecule has 0 aromatic heterocycles. The highest BCUT2D eigenvalue weighted by molar-refractivity contribution is 5.89. The highest BCUT2D eigenvalue weighted by atomic mass is 16.8. The number of rotatable bonds is 7. The first-order valence-corrected chi connectivity index (χ1v) is 11.3. The van der Waals surface area contributed by atoms with Crippen LogP contribution < -0.4 is 0 Å². The molecule has 0 spiro atoms. The van der Waals surface area contributed by atoms with E-state index in [4.69, 9.17) is 28.4 Å². The van der Waals surface area contributed by atoms with Crippen LogP contribution in [0.5, 0.6) is 0 Å². The zero-order chi connectivity index (χ0) is 24.3. The third-order valence-electron chi connectivity index (χ3n) is 5.54. The summed E-state index contributed by atoms with van der Waals surface area (Å²) >= 11 is 0. The second-order valence-corrected chi connectivity index (χ2v) is 9.21. The van der Waals surface area contributed by atoms with Crippen LogP contribution in [0.15, 0.2) is 60.7 Å². The van der Waals surface area contributed by atoms with Crippen molar-refractivity contribution >= 4 is 11.9 Å². The van der Waals surface area contributed by atoms with E-state index in [1.165, 1.54) is 0 Å². The molecule has 2 heterocycles. The molecule has 0 saturated carbocycles. The molecule has 2 fully saturated rings. The van der Waals surface area contributed by atoms with Crippen LogP contribution in [-0.4, -0.2) is 61.1 Å². The third kappa shape index (κ3) is 5.82. The Balaban J connectivity index is 1.44. The van der Waals surface area contributed by atoms with E-state index in [1.807, 2.05) is 12.1 Å². The van der Waals surface area contributed by atoms with Gasteiger partial charge in [-0.2, -0.15) is 0 Å². The average molecular weight is 471 g/mol. The Bertz CT molecular complexity index is 907. The van der Waals surface area contributed by atoms with E-state index in [-0.39, 0.29) is 13.2 Å². The topological polar surface area (TPSA) is 89.5 Å². The van der Waals surface area contributed by atoms with E-state index >= 15 is 0 Å². The van der Waals surface area contributed by atoms with Gasteiger partial charge in [-0.15, -0.1) is 0 Å². The standard InChI is InChI=1S/C26H30O8/c1-25(2)31-19(15-29-23(27)17-11-7-5-8-12-17)21(33-25)22-20(32-26(3,4)34-22)16-30-24(28)18-13-9-6-10-14-18/h5-14,19-22H,15-16H2,1-4H3/t19-,20-,21-,22-/m1/s1. The van der Waals surface area contributed by atoms with Gasteiger partial charge in [0.05, 0.1) is 11.1 Å². The van der Waals surface area contributed by atoms with Gasteiger partial charge in [-0.1, -0.05) is 36.4 Å². The highest BCUT2D eigenvalue weighted by Gasteiger charge is 2.54. The summed E-state index contributed by atoms with van der Waals surface area (Å²) in [5.41, 5.74) is 0.897. The molecule has 0 amide bonds. The molecule has 4 rings (SSSR count). The summed E-state index contributed by atoms with van der Waals surface area (Å²) < 4.78 is 35.4. The number of carbonyl (C=O) groups is 2. The smallest absolute Gasteiger partial charge is 0.338 e. The SMILES string of the molecule is CC1(C)O[C@@H]([C@@H]2OC(C)(C)O[C@@H]2COC(=O)c2ccccc2)[C@@H](COC(=O)c2ccccc2)O1. The number of carbonyl (C=O) groups excluding carboxylic acids is 2. The van der Waals surface area contributed by atoms with Gasteiger partial charge in [0.2, 0.25) is 0 Å². The lowest BCUT2D eigenvalue weighted by Gasteiger charge is -2.26. The zero-order valence-corrected chi connectivity index (χ0v) is 19.8. The molecule has 8 heteroatoms. The van der Waals surface area contributed by atoms with Gasteiger partial charge < -0.3 is 28.4 Å². The Morgan fingerprint density at radius 1 is 0.647 bits per heavy atom. The van der Waals surface area contributed by atoms with Crippen LogP contribution in [0.2, 0.25) is 0 Å². The van der Waals surface area contributed by atoms with Crippen molar-refractivity contribution in [2.24, 2.45) is 0 Å². The first kappa shape index (κ1) is 24.3. The van der Waals surface area contributed by atoms with E-state index in [2.05, 4.69) is 0 Å². The van der Waals surface area contributed by atoms with Crippen molar-refractivity contribution < 1.29 is 38.0 Å². The van der Waals surface area contributed by atoms with Crippen molar-refractivity contribution in [2.75, 3.05) is 13.2 Å². The summed E-state index contributed by atoms with van der Waals surface area (Å²) in [6.07, 6.45) is -2.42. The molecule has 0 bridgehead atoms. The minimum absolute atomic E-state index is 0.0291. The van der Waals surface area contributed by atoms with E-state index in [0.29, 0.717) is 11.1 Å². The molecular formula is C26H30O8. The largest absolute Gasteiger partial charge is 0.459 e. The van der Waals surface area contributed by atoms with Gasteiger partial charge in [0.15, 0.2) is 11.6 Å². The van der Waals surface area contributed by atoms with Crippen molar-refractivity contribution in [2.45, 2.75) is 63.7 Å². The van der Waals surface area contributed by atoms with Crippen molar-refractivity contribution in [1.29, 1.82) is 0 Å². The normalized spacial score (nSPS) is 27.3. The van der Waals surface area contributed by atoms with Crippen LogP contribution >= 0.6 is 0 Å². The minimum Gasteiger partial charge on any atom is -0.459 e.